The maximum atomic E-state index is 5.64. The van der Waals surface area contributed by atoms with Gasteiger partial charge in [-0.15, -0.1) is 25.7 Å². The summed E-state index contributed by atoms with van der Waals surface area (Å²) in [5.74, 6) is 4.24. The topological polar surface area (TPSA) is 82.5 Å². The van der Waals surface area contributed by atoms with Crippen LogP contribution in [-0.4, -0.2) is 74.5 Å². The molecular formula is C37H63Cl6N6Ru2-5. The number of nitrogens with one attached hydrogen (secondary N) is 1. The number of nitrogens with zero attached hydrogens (tertiary/aromatic N) is 5. The fourth-order valence-corrected chi connectivity index (χ4v) is 11.0. The quantitative estimate of drug-likeness (QED) is 0.264. The van der Waals surface area contributed by atoms with E-state index in [4.69, 9.17) is 84.7 Å². The molecule has 6 nitrogen and oxygen atoms in total. The normalized spacial score (nSPS) is 43.0. The molecule has 6 heterocycles. The van der Waals surface area contributed by atoms with Gasteiger partial charge in [-0.1, -0.05) is 96.8 Å². The van der Waals surface area contributed by atoms with Crippen molar-refractivity contribution < 1.29 is 26.0 Å². The molecule has 304 valence electrons. The second-order valence-corrected chi connectivity index (χ2v) is 32.5. The second-order valence-electron chi connectivity index (χ2n) is 16.6. The Morgan fingerprint density at radius 2 is 0.804 bits per heavy atom. The fraction of sp³-hybridized carbons (Fsp3) is 1.00. The molecule has 14 heteroatoms. The third-order valence-corrected chi connectivity index (χ3v) is 13.3. The number of halogens is 6. The first-order valence-corrected chi connectivity index (χ1v) is 33.6. The summed E-state index contributed by atoms with van der Waals surface area (Å²) < 4.78 is 0. The van der Waals surface area contributed by atoms with E-state index in [9.17, 15) is 0 Å². The predicted octanol–water partition coefficient (Wildman–Crippen LogP) is 13.1. The van der Waals surface area contributed by atoms with Gasteiger partial charge in [-0.05, 0) is 74.3 Å². The van der Waals surface area contributed by atoms with Crippen molar-refractivity contribution in [1.82, 2.24) is 5.32 Å². The zero-order valence-electron chi connectivity index (χ0n) is 30.5. The van der Waals surface area contributed by atoms with Crippen molar-refractivity contribution in [3.8, 4) is 0 Å². The van der Waals surface area contributed by atoms with Crippen LogP contribution in [0.25, 0.3) is 26.6 Å². The molecule has 0 aromatic heterocycles. The Morgan fingerprint density at radius 3 is 1.18 bits per heavy atom. The van der Waals surface area contributed by atoms with Crippen LogP contribution in [0, 0.1) is 29.6 Å². The van der Waals surface area contributed by atoms with Crippen LogP contribution in [0.15, 0.2) is 0 Å². The van der Waals surface area contributed by atoms with Crippen LogP contribution < -0.4 is 5.32 Å². The van der Waals surface area contributed by atoms with Crippen LogP contribution in [0.5, 0.6) is 0 Å². The van der Waals surface area contributed by atoms with E-state index in [-0.39, 0.29) is 0 Å². The van der Waals surface area contributed by atoms with Gasteiger partial charge in [-0.2, -0.15) is 36.3 Å². The van der Waals surface area contributed by atoms with Crippen LogP contribution in [0.3, 0.4) is 0 Å². The van der Waals surface area contributed by atoms with Crippen molar-refractivity contribution in [2.24, 2.45) is 29.6 Å². The maximum absolute atomic E-state index is 5.64. The van der Waals surface area contributed by atoms with Gasteiger partial charge in [0.05, 0.1) is 0 Å². The van der Waals surface area contributed by atoms with Gasteiger partial charge in [-0.25, -0.2) is 0 Å². The number of rotatable bonds is 6. The Labute approximate surface area is 346 Å². The van der Waals surface area contributed by atoms with Crippen LogP contribution in [0.4, 0.5) is 0 Å². The fourth-order valence-electron chi connectivity index (χ4n) is 11.0. The van der Waals surface area contributed by atoms with E-state index in [1.165, 1.54) is 129 Å². The molecule has 1 N–H and O–H groups in total. The third kappa shape index (κ3) is 15.1. The van der Waals surface area contributed by atoms with Gasteiger partial charge in [0, 0.05) is 0 Å². The Morgan fingerprint density at radius 1 is 0.431 bits per heavy atom. The van der Waals surface area contributed by atoms with Crippen molar-refractivity contribution in [3.05, 3.63) is 26.6 Å². The van der Waals surface area contributed by atoms with Crippen LogP contribution in [0.2, 0.25) is 0 Å². The van der Waals surface area contributed by atoms with Crippen molar-refractivity contribution in [2.75, 3.05) is 26.2 Å². The van der Waals surface area contributed by atoms with E-state index in [2.05, 4.69) is 12.2 Å². The van der Waals surface area contributed by atoms with E-state index in [0.717, 1.165) is 49.2 Å². The van der Waals surface area contributed by atoms with Crippen molar-refractivity contribution in [3.63, 3.8) is 0 Å². The van der Waals surface area contributed by atoms with Gasteiger partial charge in [0.25, 0.3) is 0 Å². The summed E-state index contributed by atoms with van der Waals surface area (Å²) in [6.45, 7) is 7.00. The molecule has 6 aliphatic heterocycles. The predicted molar refractivity (Wildman–Crippen MR) is 216 cm³/mol. The molecule has 7 fully saturated rings. The molecule has 12 atom stereocenters. The molecule has 0 aromatic carbocycles. The van der Waals surface area contributed by atoms with E-state index < -0.39 is 26.0 Å². The molecule has 0 bridgehead atoms. The number of piperidine rings is 6. The van der Waals surface area contributed by atoms with E-state index in [1.807, 2.05) is 0 Å². The molecule has 0 spiro atoms. The van der Waals surface area contributed by atoms with E-state index >= 15 is 0 Å². The summed E-state index contributed by atoms with van der Waals surface area (Å²) in [7, 11) is 29.7. The zero-order valence-corrected chi connectivity index (χ0v) is 38.5. The molecule has 1 saturated carbocycles. The molecule has 7 rings (SSSR count). The monoisotopic (exact) mass is 1010 g/mol. The number of hydrogen-bond donors (Lipinski definition) is 1. The first-order valence-electron chi connectivity index (χ1n) is 20.1. The molecule has 12 unspecified atom stereocenters. The molecule has 0 amide bonds. The van der Waals surface area contributed by atoms with Crippen LogP contribution in [0.1, 0.15) is 129 Å². The summed E-state index contributed by atoms with van der Waals surface area (Å²) in [5, 5.41) is 30.7. The third-order valence-electron chi connectivity index (χ3n) is 13.3. The molecule has 0 radical (unpaired) electrons. The van der Waals surface area contributed by atoms with Crippen LogP contribution in [-0.2, 0) is 26.0 Å². The average molecular weight is 1010 g/mol. The summed E-state index contributed by atoms with van der Waals surface area (Å²) in [5.41, 5.74) is 0. The molecule has 0 aromatic rings. The summed E-state index contributed by atoms with van der Waals surface area (Å²) in [4.78, 5) is 0. The number of hydrogen-bond acceptors (Lipinski definition) is 1. The SMILES string of the molecule is CC1CC(C2CC(C3CCCC[N-]3)[N-]C(C3CCCC[N-]3)C2)CC(C2CC(C3CCCC[N-]3)[N-]C(C3CCCCN3)C2)C1.[Cl][Ru]([Cl])[Cl].[Cl][Ru]([Cl])[Cl]. The van der Waals surface area contributed by atoms with Crippen molar-refractivity contribution in [2.45, 2.75) is 177 Å². The Balaban J connectivity index is 0.000000573. The van der Waals surface area contributed by atoms with Crippen LogP contribution >= 0.6 is 58.1 Å². The first-order chi connectivity index (χ1) is 24.7. The standard InChI is InChI=1S/C37H63N6.6ClH.2Ru/c1-25-18-26(28-21-34(30-10-2-6-14-38-30)42-35(22-28)31-11-3-7-15-39-31)20-27(19-25)29-23-36(32-12-4-8-16-40-32)43-37(24-29)33-13-5-9-17-41-33;;;;;;;;/h25-38H,2-24H2,1H3;6*1H;;/q-5;;;;;;;2*+3/p-6. The minimum atomic E-state index is -1.75. The minimum absolute atomic E-state index is 0.462. The molecule has 7 aliphatic rings. The first kappa shape index (κ1) is 44.8. The molecule has 51 heavy (non-hydrogen) atoms. The summed E-state index contributed by atoms with van der Waals surface area (Å²) in [6.07, 6.45) is 25.4. The van der Waals surface area contributed by atoms with E-state index in [0.29, 0.717) is 48.3 Å². The van der Waals surface area contributed by atoms with Gasteiger partial charge >= 0.3 is 84.1 Å². The zero-order chi connectivity index (χ0) is 36.2. The second kappa shape index (κ2) is 24.0. The average Bonchev–Trinajstić information content (AvgIpc) is 3.15. The Kier molecular flexibility index (Phi) is 21.1. The Hall–Kier alpha value is 2.75. The summed E-state index contributed by atoms with van der Waals surface area (Å²) in [6, 6.07) is 4.00. The van der Waals surface area contributed by atoms with Gasteiger partial charge in [0.15, 0.2) is 0 Å². The molecule has 6 saturated heterocycles. The molecule has 1 aliphatic carbocycles. The van der Waals surface area contributed by atoms with Gasteiger partial charge < -0.3 is 31.9 Å². The van der Waals surface area contributed by atoms with Crippen molar-refractivity contribution in [1.29, 1.82) is 0 Å². The van der Waals surface area contributed by atoms with Crippen molar-refractivity contribution >= 4 is 58.1 Å². The van der Waals surface area contributed by atoms with Gasteiger partial charge in [0.2, 0.25) is 0 Å². The molecular weight excluding hydrogens is 943 g/mol. The van der Waals surface area contributed by atoms with Gasteiger partial charge in [0.1, 0.15) is 0 Å². The van der Waals surface area contributed by atoms with Gasteiger partial charge in [-0.3, -0.25) is 0 Å². The summed E-state index contributed by atoms with van der Waals surface area (Å²) >= 11 is -3.51. The van der Waals surface area contributed by atoms with E-state index in [1.54, 1.807) is 0 Å². The Bertz CT molecular complexity index is 825.